The fourth-order valence-corrected chi connectivity index (χ4v) is 11.1. The van der Waals surface area contributed by atoms with E-state index in [4.69, 9.17) is 0 Å². The summed E-state index contributed by atoms with van der Waals surface area (Å²) in [6.07, 6.45) is 10.4. The third-order valence-corrected chi connectivity index (χ3v) is 14.9. The van der Waals surface area contributed by atoms with E-state index in [2.05, 4.69) is 29.3 Å². The predicted octanol–water partition coefficient (Wildman–Crippen LogP) is 7.32. The second kappa shape index (κ2) is 16.5. The second-order valence-corrected chi connectivity index (χ2v) is 21.7. The molecule has 17 heteroatoms. The van der Waals surface area contributed by atoms with Crippen molar-refractivity contribution >= 4 is 75.2 Å². The molecule has 0 radical (unpaired) electrons. The highest BCUT2D eigenvalue weighted by Gasteiger charge is 2.42. The van der Waals surface area contributed by atoms with Gasteiger partial charge in [0.15, 0.2) is 0 Å². The molecule has 1 aliphatic heterocycles. The van der Waals surface area contributed by atoms with Crippen molar-refractivity contribution in [2.24, 2.45) is 0 Å². The molecule has 0 atom stereocenters. The van der Waals surface area contributed by atoms with Gasteiger partial charge in [-0.25, -0.2) is 25.3 Å². The number of hydrogen-bond acceptors (Lipinski definition) is 14. The summed E-state index contributed by atoms with van der Waals surface area (Å²) in [7, 11) is -13.8. The largest absolute Gasteiger partial charge is 0.748 e. The highest BCUT2D eigenvalue weighted by molar-refractivity contribution is 7.94. The average Bonchev–Trinajstić information content (AvgIpc) is 3.54. The monoisotopic (exact) mass is 905 g/mol. The molecule has 13 nitrogen and oxygen atoms in total. The quantitative estimate of drug-likeness (QED) is 0.0556. The smallest absolute Gasteiger partial charge is 0.124 e. The molecule has 3 aliphatic rings. The second-order valence-electron chi connectivity index (χ2n) is 16.5. The Bertz CT molecular complexity index is 2980. The summed E-state index contributed by atoms with van der Waals surface area (Å²) in [5.41, 5.74) is 7.54. The molecular weight excluding hydrogens is 863 g/mol. The molecule has 0 amide bonds. The minimum atomic E-state index is -4.71. The van der Waals surface area contributed by atoms with Gasteiger partial charge in [-0.2, -0.15) is 4.33 Å². The van der Waals surface area contributed by atoms with Gasteiger partial charge < -0.3 is 23.8 Å². The van der Waals surface area contributed by atoms with Crippen LogP contribution >= 0.6 is 12.0 Å². The van der Waals surface area contributed by atoms with Crippen molar-refractivity contribution in [3.63, 3.8) is 0 Å². The zero-order chi connectivity index (χ0) is 44.3. The van der Waals surface area contributed by atoms with Gasteiger partial charge in [0.25, 0.3) is 0 Å². The molecule has 61 heavy (non-hydrogen) atoms. The van der Waals surface area contributed by atoms with Crippen molar-refractivity contribution in [3.8, 4) is 0 Å². The number of rotatable bonds is 13. The van der Waals surface area contributed by atoms with Gasteiger partial charge in [-0.05, 0) is 135 Å². The van der Waals surface area contributed by atoms with Gasteiger partial charge in [0.05, 0.1) is 42.9 Å². The first-order chi connectivity index (χ1) is 28.5. The lowest BCUT2D eigenvalue weighted by molar-refractivity contribution is -0.777. The van der Waals surface area contributed by atoms with E-state index in [0.29, 0.717) is 21.4 Å². The van der Waals surface area contributed by atoms with Crippen molar-refractivity contribution in [2.75, 3.05) is 23.0 Å². The zero-order valence-electron chi connectivity index (χ0n) is 34.0. The van der Waals surface area contributed by atoms with Crippen molar-refractivity contribution in [2.45, 2.75) is 80.9 Å². The number of allylic oxidation sites excluding steroid dienone is 10. The summed E-state index contributed by atoms with van der Waals surface area (Å²) in [5.74, 6) is -1.20. The van der Waals surface area contributed by atoms with Crippen LogP contribution in [0, 0.1) is 0 Å². The van der Waals surface area contributed by atoms with Gasteiger partial charge in [-0.3, -0.25) is 5.04 Å². The van der Waals surface area contributed by atoms with Gasteiger partial charge in [0, 0.05) is 39.4 Å². The SMILES string of the molecule is CC1=C(/C=C/C2=C(CCS(=O)(=O)[O-])c3ccc4cc(SOO[O-])ccc4c3C2(C)C)CCCC1=C/C=C1/N(CCS(=O)(=O)[O-])c2ccc3cc(S(=O)(=O)[O-])ccc3c2C1(C)C. The van der Waals surface area contributed by atoms with Crippen molar-refractivity contribution in [3.05, 3.63) is 130 Å². The molecular formula is C44H43NO12S4-4. The minimum Gasteiger partial charge on any atom is -0.748 e. The molecule has 4 aromatic carbocycles. The van der Waals surface area contributed by atoms with E-state index in [1.54, 1.807) is 24.3 Å². The van der Waals surface area contributed by atoms with Gasteiger partial charge in [0.1, 0.15) is 10.1 Å². The van der Waals surface area contributed by atoms with Crippen LogP contribution in [0.25, 0.3) is 27.1 Å². The zero-order valence-corrected chi connectivity index (χ0v) is 37.3. The Kier molecular flexibility index (Phi) is 12.2. The Labute approximate surface area is 360 Å². The Morgan fingerprint density at radius 3 is 2.13 bits per heavy atom. The van der Waals surface area contributed by atoms with E-state index < -0.39 is 52.7 Å². The van der Waals surface area contributed by atoms with Crippen LogP contribution in [0.15, 0.2) is 123 Å². The topological polar surface area (TPSA) is 216 Å². The molecule has 1 heterocycles. The van der Waals surface area contributed by atoms with Gasteiger partial charge in [-0.1, -0.05) is 76.3 Å². The number of benzene rings is 4. The van der Waals surface area contributed by atoms with Gasteiger partial charge >= 0.3 is 0 Å². The molecule has 0 saturated heterocycles. The van der Waals surface area contributed by atoms with Crippen LogP contribution < -0.4 is 10.2 Å². The van der Waals surface area contributed by atoms with Crippen molar-refractivity contribution < 1.29 is 53.5 Å². The fraction of sp³-hybridized carbons (Fsp3) is 0.318. The third kappa shape index (κ3) is 9.04. The molecule has 0 bridgehead atoms. The maximum atomic E-state index is 11.9. The maximum Gasteiger partial charge on any atom is 0.124 e. The molecule has 4 aromatic rings. The van der Waals surface area contributed by atoms with Gasteiger partial charge in [-0.15, -0.1) is 0 Å². The average molecular weight is 906 g/mol. The van der Waals surface area contributed by atoms with Crippen molar-refractivity contribution in [1.29, 1.82) is 0 Å². The van der Waals surface area contributed by atoms with Crippen LogP contribution in [-0.4, -0.2) is 57.0 Å². The lowest BCUT2D eigenvalue weighted by Gasteiger charge is -2.28. The van der Waals surface area contributed by atoms with Crippen LogP contribution in [0.4, 0.5) is 5.69 Å². The van der Waals surface area contributed by atoms with Crippen LogP contribution in [0.3, 0.4) is 0 Å². The maximum absolute atomic E-state index is 11.9. The lowest BCUT2D eigenvalue weighted by Crippen LogP contribution is -2.30. The predicted molar refractivity (Wildman–Crippen MR) is 230 cm³/mol. The number of fused-ring (bicyclic) bond motifs is 6. The summed E-state index contributed by atoms with van der Waals surface area (Å²) in [4.78, 5) is 2.11. The molecule has 7 rings (SSSR count). The summed E-state index contributed by atoms with van der Waals surface area (Å²) in [5, 5.41) is 17.0. The first-order valence-electron chi connectivity index (χ1n) is 19.4. The normalized spacial score (nSPS) is 19.3. The summed E-state index contributed by atoms with van der Waals surface area (Å²) >= 11 is 0.784. The molecule has 0 spiro atoms. The van der Waals surface area contributed by atoms with Crippen LogP contribution in [0.1, 0.15) is 77.0 Å². The van der Waals surface area contributed by atoms with E-state index in [9.17, 15) is 44.2 Å². The van der Waals surface area contributed by atoms with E-state index >= 15 is 0 Å². The molecule has 0 unspecified atom stereocenters. The molecule has 0 N–H and O–H groups in total. The van der Waals surface area contributed by atoms with Crippen LogP contribution in [-0.2, 0) is 50.6 Å². The number of hydrogen-bond donors (Lipinski definition) is 0. The molecule has 0 saturated carbocycles. The molecule has 2 aliphatic carbocycles. The van der Waals surface area contributed by atoms with Crippen LogP contribution in [0.2, 0.25) is 0 Å². The van der Waals surface area contributed by atoms with Gasteiger partial charge in [0.2, 0.25) is 0 Å². The first-order valence-corrected chi connectivity index (χ1v) is 24.7. The summed E-state index contributed by atoms with van der Waals surface area (Å²) in [6.45, 7) is 10.0. The molecule has 0 aromatic heterocycles. The lowest BCUT2D eigenvalue weighted by atomic mass is 9.78. The highest BCUT2D eigenvalue weighted by Crippen LogP contribution is 2.53. The minimum absolute atomic E-state index is 0.0311. The Morgan fingerprint density at radius 1 is 0.770 bits per heavy atom. The van der Waals surface area contributed by atoms with Crippen molar-refractivity contribution in [1.82, 2.24) is 0 Å². The fourth-order valence-electron chi connectivity index (χ4n) is 9.30. The van der Waals surface area contributed by atoms with E-state index in [-0.39, 0.29) is 17.9 Å². The van der Waals surface area contributed by atoms with Crippen LogP contribution in [0.5, 0.6) is 0 Å². The van der Waals surface area contributed by atoms with E-state index in [1.165, 1.54) is 12.1 Å². The first kappa shape index (κ1) is 44.9. The summed E-state index contributed by atoms with van der Waals surface area (Å²) in [6, 6.07) is 17.0. The third-order valence-electron chi connectivity index (χ3n) is 12.1. The summed E-state index contributed by atoms with van der Waals surface area (Å²) < 4.78 is 111. The van der Waals surface area contributed by atoms with E-state index in [1.807, 2.05) is 68.2 Å². The number of nitrogens with zero attached hydrogens (tertiary/aromatic N) is 1. The standard InChI is InChI=1S/C44H47NO12S4/c1-27-28(10-18-38-36(21-23-59(47,48)49)37-15-9-30-25-32(58-57-56-46)13-16-34(30)41(37)43(38,2)3)7-6-8-29(27)12-20-40-44(4,5)42-35-17-14-33(61(53,54)55)26-31(35)11-19-39(42)45(40)22-24-60(50,51)52/h9-20,25-26,46H,6-8,21-24H2,1-5H3,(H,47,48,49)(H,50,51,52)(H,53,54,55)/p-4/b18-10+,29-12?,40-20+. The number of anilines is 1. The molecule has 324 valence electrons. The Balaban J connectivity index is 1.28. The Hall–Kier alpha value is -4.14. The van der Waals surface area contributed by atoms with E-state index in [0.717, 1.165) is 92.3 Å². The molecule has 0 fully saturated rings. The Morgan fingerprint density at radius 2 is 1.44 bits per heavy atom. The highest BCUT2D eigenvalue weighted by atomic mass is 32.2.